The van der Waals surface area contributed by atoms with E-state index in [4.69, 9.17) is 0 Å². The van der Waals surface area contributed by atoms with Crippen LogP contribution in [0.5, 0.6) is 0 Å². The zero-order valence-corrected chi connectivity index (χ0v) is 12.4. The van der Waals surface area contributed by atoms with E-state index in [9.17, 15) is 0 Å². The fourth-order valence-corrected chi connectivity index (χ4v) is 2.34. The van der Waals surface area contributed by atoms with Gasteiger partial charge in [-0.15, -0.1) is 10.2 Å². The normalized spacial score (nSPS) is 10.4. The number of aryl methyl sites for hydroxylation is 1. The minimum Gasteiger partial charge on any atom is -0.369 e. The van der Waals surface area contributed by atoms with Gasteiger partial charge in [-0.05, 0) is 30.5 Å². The van der Waals surface area contributed by atoms with Gasteiger partial charge >= 0.3 is 0 Å². The van der Waals surface area contributed by atoms with Gasteiger partial charge in [0.05, 0.1) is 5.69 Å². The number of benzene rings is 2. The third kappa shape index (κ3) is 3.92. The van der Waals surface area contributed by atoms with Crippen molar-refractivity contribution in [1.29, 1.82) is 0 Å². The van der Waals surface area contributed by atoms with E-state index in [1.807, 2.05) is 48.5 Å². The van der Waals surface area contributed by atoms with E-state index < -0.39 is 0 Å². The highest BCUT2D eigenvalue weighted by atomic mass is 15.2. The predicted molar refractivity (Wildman–Crippen MR) is 90.7 cm³/mol. The average Bonchev–Trinajstić information content (AvgIpc) is 2.61. The van der Waals surface area contributed by atoms with Crippen molar-refractivity contribution in [3.8, 4) is 11.3 Å². The van der Waals surface area contributed by atoms with Crippen molar-refractivity contribution >= 4 is 5.82 Å². The number of rotatable bonds is 6. The molecule has 2 aromatic carbocycles. The number of aromatic nitrogens is 2. The topological polar surface area (TPSA) is 37.8 Å². The summed E-state index contributed by atoms with van der Waals surface area (Å²) in [6.45, 7) is 0.897. The van der Waals surface area contributed by atoms with E-state index in [2.05, 4.69) is 39.8 Å². The van der Waals surface area contributed by atoms with Crippen LogP contribution in [0.25, 0.3) is 11.3 Å². The Bertz CT molecular complexity index is 679. The number of nitrogens with zero attached hydrogens (tertiary/aromatic N) is 2. The van der Waals surface area contributed by atoms with Gasteiger partial charge in [0.2, 0.25) is 0 Å². The molecule has 3 heteroatoms. The Balaban J connectivity index is 1.49. The highest BCUT2D eigenvalue weighted by Crippen LogP contribution is 2.16. The van der Waals surface area contributed by atoms with Crippen LogP contribution in [0.4, 0.5) is 5.82 Å². The molecule has 0 atom stereocenters. The Morgan fingerprint density at radius 2 is 1.45 bits per heavy atom. The van der Waals surface area contributed by atoms with E-state index >= 15 is 0 Å². The Kier molecular flexibility index (Phi) is 4.77. The van der Waals surface area contributed by atoms with Crippen LogP contribution in [0.3, 0.4) is 0 Å². The monoisotopic (exact) mass is 289 g/mol. The molecule has 0 fully saturated rings. The molecule has 0 radical (unpaired) electrons. The molecule has 3 aromatic rings. The van der Waals surface area contributed by atoms with Crippen molar-refractivity contribution in [2.45, 2.75) is 12.8 Å². The largest absolute Gasteiger partial charge is 0.369 e. The number of hydrogen-bond donors (Lipinski definition) is 1. The van der Waals surface area contributed by atoms with Crippen molar-refractivity contribution in [3.05, 3.63) is 78.4 Å². The summed E-state index contributed by atoms with van der Waals surface area (Å²) in [6.07, 6.45) is 2.15. The zero-order valence-electron chi connectivity index (χ0n) is 12.4. The van der Waals surface area contributed by atoms with Gasteiger partial charge in [-0.25, -0.2) is 0 Å². The van der Waals surface area contributed by atoms with Gasteiger partial charge in [0.1, 0.15) is 5.82 Å². The van der Waals surface area contributed by atoms with E-state index in [-0.39, 0.29) is 0 Å². The summed E-state index contributed by atoms with van der Waals surface area (Å²) in [6, 6.07) is 24.6. The highest BCUT2D eigenvalue weighted by Gasteiger charge is 2.00. The first kappa shape index (κ1) is 14.3. The Hall–Kier alpha value is -2.68. The molecule has 0 aliphatic carbocycles. The molecule has 0 saturated carbocycles. The summed E-state index contributed by atoms with van der Waals surface area (Å²) < 4.78 is 0. The SMILES string of the molecule is c1ccc(CCCNc2ccc(-c3ccccc3)nn2)cc1. The van der Waals surface area contributed by atoms with Crippen LogP contribution in [0, 0.1) is 0 Å². The maximum absolute atomic E-state index is 4.27. The molecule has 3 rings (SSSR count). The van der Waals surface area contributed by atoms with E-state index in [0.717, 1.165) is 36.5 Å². The first-order valence-corrected chi connectivity index (χ1v) is 7.59. The molecule has 22 heavy (non-hydrogen) atoms. The second-order valence-electron chi connectivity index (χ2n) is 5.19. The maximum atomic E-state index is 4.27. The van der Waals surface area contributed by atoms with Gasteiger partial charge in [0, 0.05) is 12.1 Å². The van der Waals surface area contributed by atoms with Crippen molar-refractivity contribution in [2.75, 3.05) is 11.9 Å². The molecular weight excluding hydrogens is 270 g/mol. The predicted octanol–water partition coefficient (Wildman–Crippen LogP) is 4.19. The second kappa shape index (κ2) is 7.36. The molecule has 110 valence electrons. The summed E-state index contributed by atoms with van der Waals surface area (Å²) in [5.41, 5.74) is 3.36. The lowest BCUT2D eigenvalue weighted by Crippen LogP contribution is -2.05. The number of nitrogens with one attached hydrogen (secondary N) is 1. The average molecular weight is 289 g/mol. The quantitative estimate of drug-likeness (QED) is 0.691. The Labute approximate surface area is 131 Å². The van der Waals surface area contributed by atoms with Gasteiger partial charge in [-0.2, -0.15) is 0 Å². The summed E-state index contributed by atoms with van der Waals surface area (Å²) in [4.78, 5) is 0. The Morgan fingerprint density at radius 1 is 0.727 bits per heavy atom. The minimum absolute atomic E-state index is 0.827. The molecule has 0 aliphatic heterocycles. The molecule has 3 nitrogen and oxygen atoms in total. The van der Waals surface area contributed by atoms with Gasteiger partial charge in [-0.1, -0.05) is 60.7 Å². The van der Waals surface area contributed by atoms with E-state index in [1.165, 1.54) is 5.56 Å². The lowest BCUT2D eigenvalue weighted by Gasteiger charge is -2.06. The molecule has 0 aliphatic rings. The molecule has 1 aromatic heterocycles. The second-order valence-corrected chi connectivity index (χ2v) is 5.19. The van der Waals surface area contributed by atoms with E-state index in [1.54, 1.807) is 0 Å². The lowest BCUT2D eigenvalue weighted by molar-refractivity contribution is 0.853. The fourth-order valence-electron chi connectivity index (χ4n) is 2.34. The molecule has 1 N–H and O–H groups in total. The first-order valence-electron chi connectivity index (χ1n) is 7.59. The molecule has 0 amide bonds. The molecule has 0 spiro atoms. The van der Waals surface area contributed by atoms with Crippen molar-refractivity contribution in [1.82, 2.24) is 10.2 Å². The Morgan fingerprint density at radius 3 is 2.14 bits per heavy atom. The first-order chi connectivity index (χ1) is 10.9. The summed E-state index contributed by atoms with van der Waals surface area (Å²) in [7, 11) is 0. The van der Waals surface area contributed by atoms with Crippen LogP contribution in [-0.4, -0.2) is 16.7 Å². The smallest absolute Gasteiger partial charge is 0.148 e. The molecular formula is C19H19N3. The number of anilines is 1. The van der Waals surface area contributed by atoms with E-state index in [0.29, 0.717) is 0 Å². The number of hydrogen-bond acceptors (Lipinski definition) is 3. The fraction of sp³-hybridized carbons (Fsp3) is 0.158. The van der Waals surface area contributed by atoms with Crippen LogP contribution < -0.4 is 5.32 Å². The van der Waals surface area contributed by atoms with Gasteiger partial charge in [0.25, 0.3) is 0 Å². The standard InChI is InChI=1S/C19H19N3/c1-3-8-16(9-4-1)10-7-15-20-19-14-13-18(21-22-19)17-11-5-2-6-12-17/h1-6,8-9,11-14H,7,10,15H2,(H,20,22). The van der Waals surface area contributed by atoms with Crippen LogP contribution >= 0.6 is 0 Å². The lowest BCUT2D eigenvalue weighted by atomic mass is 10.1. The van der Waals surface area contributed by atoms with Crippen molar-refractivity contribution in [2.24, 2.45) is 0 Å². The van der Waals surface area contributed by atoms with Crippen molar-refractivity contribution in [3.63, 3.8) is 0 Å². The van der Waals surface area contributed by atoms with Gasteiger partial charge < -0.3 is 5.32 Å². The minimum atomic E-state index is 0.827. The summed E-state index contributed by atoms with van der Waals surface area (Å²) in [5.74, 6) is 0.827. The van der Waals surface area contributed by atoms with Gasteiger partial charge in [0.15, 0.2) is 0 Å². The summed E-state index contributed by atoms with van der Waals surface area (Å²) >= 11 is 0. The maximum Gasteiger partial charge on any atom is 0.148 e. The highest BCUT2D eigenvalue weighted by molar-refractivity contribution is 5.59. The molecule has 0 unspecified atom stereocenters. The molecule has 1 heterocycles. The third-order valence-corrected chi connectivity index (χ3v) is 3.53. The molecule has 0 saturated heterocycles. The van der Waals surface area contributed by atoms with Crippen LogP contribution in [0.2, 0.25) is 0 Å². The summed E-state index contributed by atoms with van der Waals surface area (Å²) in [5, 5.41) is 11.8. The zero-order chi connectivity index (χ0) is 15.0. The van der Waals surface area contributed by atoms with Crippen LogP contribution in [0.15, 0.2) is 72.8 Å². The van der Waals surface area contributed by atoms with Crippen molar-refractivity contribution < 1.29 is 0 Å². The third-order valence-electron chi connectivity index (χ3n) is 3.53. The molecule has 0 bridgehead atoms. The van der Waals surface area contributed by atoms with Crippen LogP contribution in [0.1, 0.15) is 12.0 Å². The van der Waals surface area contributed by atoms with Gasteiger partial charge in [-0.3, -0.25) is 0 Å². The van der Waals surface area contributed by atoms with Crippen LogP contribution in [-0.2, 0) is 6.42 Å².